The second-order valence-electron chi connectivity index (χ2n) is 6.28. The summed E-state index contributed by atoms with van der Waals surface area (Å²) < 4.78 is 0. The maximum atomic E-state index is 10.1. The van der Waals surface area contributed by atoms with Crippen molar-refractivity contribution < 1.29 is 5.11 Å². The second-order valence-corrected chi connectivity index (χ2v) is 6.28. The number of aliphatic hydroxyl groups is 1. The van der Waals surface area contributed by atoms with Crippen LogP contribution in [0.25, 0.3) is 11.1 Å². The van der Waals surface area contributed by atoms with E-state index >= 15 is 0 Å². The van der Waals surface area contributed by atoms with Crippen molar-refractivity contribution in [2.45, 2.75) is 32.4 Å². The van der Waals surface area contributed by atoms with E-state index in [1.807, 2.05) is 12.3 Å². The molecule has 0 aliphatic rings. The molecule has 0 unspecified atom stereocenters. The standard InChI is InChI=1S/C18H24N2O/c1-13(20(4)5)14-6-8-15(9-7-14)16-10-17(12-19-11-16)18(2,3)21/h6-13,21H,1-5H3/t13-/m1/s1. The molecule has 1 aromatic carbocycles. The molecule has 2 rings (SSSR count). The first-order valence-electron chi connectivity index (χ1n) is 7.23. The molecular formula is C18H24N2O. The first kappa shape index (κ1) is 15.7. The molecule has 0 bridgehead atoms. The Morgan fingerprint density at radius 2 is 1.67 bits per heavy atom. The van der Waals surface area contributed by atoms with Gasteiger partial charge in [0.25, 0.3) is 0 Å². The first-order chi connectivity index (χ1) is 9.79. The summed E-state index contributed by atoms with van der Waals surface area (Å²) in [6.07, 6.45) is 3.55. The summed E-state index contributed by atoms with van der Waals surface area (Å²) in [7, 11) is 4.16. The number of nitrogens with zero attached hydrogens (tertiary/aromatic N) is 2. The molecule has 3 heteroatoms. The van der Waals surface area contributed by atoms with Gasteiger partial charge in [-0.1, -0.05) is 24.3 Å². The van der Waals surface area contributed by atoms with Crippen LogP contribution in [0.5, 0.6) is 0 Å². The molecule has 0 radical (unpaired) electrons. The van der Waals surface area contributed by atoms with E-state index in [-0.39, 0.29) is 0 Å². The zero-order valence-electron chi connectivity index (χ0n) is 13.5. The molecule has 1 heterocycles. The Kier molecular flexibility index (Phi) is 4.45. The van der Waals surface area contributed by atoms with Gasteiger partial charge in [0.05, 0.1) is 5.60 Å². The molecule has 21 heavy (non-hydrogen) atoms. The minimum atomic E-state index is -0.873. The summed E-state index contributed by atoms with van der Waals surface area (Å²) in [5.41, 5.74) is 3.38. The second kappa shape index (κ2) is 5.96. The lowest BCUT2D eigenvalue weighted by Gasteiger charge is -2.20. The van der Waals surface area contributed by atoms with E-state index in [1.165, 1.54) is 5.56 Å². The van der Waals surface area contributed by atoms with Gasteiger partial charge in [-0.3, -0.25) is 4.98 Å². The van der Waals surface area contributed by atoms with Gasteiger partial charge in [0.1, 0.15) is 0 Å². The van der Waals surface area contributed by atoms with Crippen molar-refractivity contribution in [1.29, 1.82) is 0 Å². The minimum Gasteiger partial charge on any atom is -0.386 e. The lowest BCUT2D eigenvalue weighted by atomic mass is 9.96. The summed E-state index contributed by atoms with van der Waals surface area (Å²) in [6.45, 7) is 5.73. The Morgan fingerprint density at radius 1 is 1.05 bits per heavy atom. The fraction of sp³-hybridized carbons (Fsp3) is 0.389. The molecule has 0 aliphatic heterocycles. The van der Waals surface area contributed by atoms with Gasteiger partial charge in [0.15, 0.2) is 0 Å². The highest BCUT2D eigenvalue weighted by atomic mass is 16.3. The number of hydrogen-bond donors (Lipinski definition) is 1. The summed E-state index contributed by atoms with van der Waals surface area (Å²) in [5, 5.41) is 10.1. The smallest absolute Gasteiger partial charge is 0.0855 e. The topological polar surface area (TPSA) is 36.4 Å². The van der Waals surface area contributed by atoms with Crippen LogP contribution >= 0.6 is 0 Å². The fourth-order valence-corrected chi connectivity index (χ4v) is 2.18. The molecule has 1 atom stereocenters. The summed E-state index contributed by atoms with van der Waals surface area (Å²) in [5.74, 6) is 0. The van der Waals surface area contributed by atoms with E-state index in [2.05, 4.69) is 55.2 Å². The van der Waals surface area contributed by atoms with Crippen molar-refractivity contribution in [1.82, 2.24) is 9.88 Å². The van der Waals surface area contributed by atoms with Gasteiger partial charge in [0, 0.05) is 29.6 Å². The van der Waals surface area contributed by atoms with E-state index in [0.29, 0.717) is 6.04 Å². The molecule has 0 spiro atoms. The van der Waals surface area contributed by atoms with Crippen LogP contribution in [0.3, 0.4) is 0 Å². The van der Waals surface area contributed by atoms with Crippen molar-refractivity contribution >= 4 is 0 Å². The van der Waals surface area contributed by atoms with E-state index in [9.17, 15) is 5.11 Å². The van der Waals surface area contributed by atoms with Crippen LogP contribution in [-0.2, 0) is 5.60 Å². The predicted octanol–water partition coefficient (Wildman–Crippen LogP) is 3.60. The van der Waals surface area contributed by atoms with E-state index in [1.54, 1.807) is 20.0 Å². The number of aromatic nitrogens is 1. The van der Waals surface area contributed by atoms with E-state index in [0.717, 1.165) is 16.7 Å². The summed E-state index contributed by atoms with van der Waals surface area (Å²) in [4.78, 5) is 6.43. The molecule has 1 aromatic heterocycles. The number of rotatable bonds is 4. The lowest BCUT2D eigenvalue weighted by molar-refractivity contribution is 0.0783. The molecular weight excluding hydrogens is 260 g/mol. The Bertz CT molecular complexity index is 597. The van der Waals surface area contributed by atoms with Gasteiger partial charge in [-0.15, -0.1) is 0 Å². The van der Waals surface area contributed by atoms with Crippen LogP contribution < -0.4 is 0 Å². The van der Waals surface area contributed by atoms with Crippen LogP contribution in [0.2, 0.25) is 0 Å². The van der Waals surface area contributed by atoms with Crippen molar-refractivity contribution in [3.8, 4) is 11.1 Å². The lowest BCUT2D eigenvalue weighted by Crippen LogP contribution is -2.16. The molecule has 0 aliphatic carbocycles. The minimum absolute atomic E-state index is 0.389. The SMILES string of the molecule is C[C@H](c1ccc(-c2cncc(C(C)(C)O)c2)cc1)N(C)C. The van der Waals surface area contributed by atoms with Crippen LogP contribution in [0, 0.1) is 0 Å². The highest BCUT2D eigenvalue weighted by Crippen LogP contribution is 2.26. The van der Waals surface area contributed by atoms with Crippen molar-refractivity contribution in [3.05, 3.63) is 53.9 Å². The quantitative estimate of drug-likeness (QED) is 0.932. The summed E-state index contributed by atoms with van der Waals surface area (Å²) in [6, 6.07) is 10.9. The van der Waals surface area contributed by atoms with E-state index in [4.69, 9.17) is 0 Å². The maximum Gasteiger partial charge on any atom is 0.0855 e. The molecule has 0 fully saturated rings. The molecule has 0 amide bonds. The van der Waals surface area contributed by atoms with Crippen molar-refractivity contribution in [2.24, 2.45) is 0 Å². The zero-order chi connectivity index (χ0) is 15.6. The molecule has 1 N–H and O–H groups in total. The van der Waals surface area contributed by atoms with Gasteiger partial charge in [0.2, 0.25) is 0 Å². The Balaban J connectivity index is 2.31. The first-order valence-corrected chi connectivity index (χ1v) is 7.23. The molecule has 112 valence electrons. The zero-order valence-corrected chi connectivity index (χ0v) is 13.5. The Morgan fingerprint density at radius 3 is 2.19 bits per heavy atom. The number of benzene rings is 1. The Labute approximate surface area is 127 Å². The third kappa shape index (κ3) is 3.69. The van der Waals surface area contributed by atoms with Gasteiger partial charge in [-0.25, -0.2) is 0 Å². The molecule has 3 nitrogen and oxygen atoms in total. The van der Waals surface area contributed by atoms with Gasteiger partial charge >= 0.3 is 0 Å². The number of pyridine rings is 1. The number of hydrogen-bond acceptors (Lipinski definition) is 3. The average Bonchev–Trinajstić information content (AvgIpc) is 2.46. The van der Waals surface area contributed by atoms with E-state index < -0.39 is 5.60 Å². The third-order valence-electron chi connectivity index (χ3n) is 3.95. The Hall–Kier alpha value is -1.71. The normalized spacial score (nSPS) is 13.5. The van der Waals surface area contributed by atoms with Gasteiger partial charge in [-0.2, -0.15) is 0 Å². The highest BCUT2D eigenvalue weighted by molar-refractivity contribution is 5.63. The van der Waals surface area contributed by atoms with Gasteiger partial charge < -0.3 is 10.0 Å². The third-order valence-corrected chi connectivity index (χ3v) is 3.95. The van der Waals surface area contributed by atoms with Crippen molar-refractivity contribution in [2.75, 3.05) is 14.1 Å². The average molecular weight is 284 g/mol. The molecule has 0 saturated heterocycles. The summed E-state index contributed by atoms with van der Waals surface area (Å²) >= 11 is 0. The predicted molar refractivity (Wildman–Crippen MR) is 87.0 cm³/mol. The van der Waals surface area contributed by atoms with Crippen LogP contribution in [0.4, 0.5) is 0 Å². The molecule has 0 saturated carbocycles. The monoisotopic (exact) mass is 284 g/mol. The highest BCUT2D eigenvalue weighted by Gasteiger charge is 2.17. The molecule has 2 aromatic rings. The van der Waals surface area contributed by atoms with Crippen LogP contribution in [0.15, 0.2) is 42.7 Å². The van der Waals surface area contributed by atoms with Gasteiger partial charge in [-0.05, 0) is 52.1 Å². The maximum absolute atomic E-state index is 10.1. The fourth-order valence-electron chi connectivity index (χ4n) is 2.18. The van der Waals surface area contributed by atoms with Crippen molar-refractivity contribution in [3.63, 3.8) is 0 Å². The largest absolute Gasteiger partial charge is 0.386 e. The van der Waals surface area contributed by atoms with Crippen LogP contribution in [0.1, 0.15) is 37.9 Å². The van der Waals surface area contributed by atoms with Crippen LogP contribution in [-0.4, -0.2) is 29.1 Å².